The molecule has 2 aromatic carbocycles. The highest BCUT2D eigenvalue weighted by atomic mass is 79.9. The van der Waals surface area contributed by atoms with Crippen molar-refractivity contribution < 1.29 is 9.53 Å². The molecule has 0 aliphatic heterocycles. The fourth-order valence-corrected chi connectivity index (χ4v) is 2.24. The summed E-state index contributed by atoms with van der Waals surface area (Å²) >= 11 is 3.40. The Morgan fingerprint density at radius 3 is 2.52 bits per heavy atom. The third-order valence-electron chi connectivity index (χ3n) is 3.27. The van der Waals surface area contributed by atoms with Crippen LogP contribution >= 0.6 is 15.9 Å². The Labute approximate surface area is 132 Å². The first-order valence-electron chi connectivity index (χ1n) is 6.44. The molecule has 5 heteroatoms. The first-order valence-corrected chi connectivity index (χ1v) is 7.24. The number of anilines is 1. The molecule has 21 heavy (non-hydrogen) atoms. The van der Waals surface area contributed by atoms with Gasteiger partial charge in [-0.05, 0) is 40.5 Å². The van der Waals surface area contributed by atoms with Gasteiger partial charge in [-0.25, -0.2) is 0 Å². The maximum Gasteiger partial charge on any atom is 0.248 e. The molecule has 0 heterocycles. The SMILES string of the molecule is COc1ccc(Br)c(NC(=O)C(C)(N)c2ccccc2)c1. The van der Waals surface area contributed by atoms with Crippen LogP contribution in [0.1, 0.15) is 12.5 Å². The lowest BCUT2D eigenvalue weighted by molar-refractivity contribution is -0.120. The molecule has 0 fully saturated rings. The summed E-state index contributed by atoms with van der Waals surface area (Å²) < 4.78 is 5.92. The highest BCUT2D eigenvalue weighted by molar-refractivity contribution is 9.10. The van der Waals surface area contributed by atoms with Crippen LogP contribution in [-0.4, -0.2) is 13.0 Å². The van der Waals surface area contributed by atoms with Gasteiger partial charge in [-0.1, -0.05) is 30.3 Å². The molecule has 0 aliphatic carbocycles. The number of carbonyl (C=O) groups is 1. The predicted octanol–water partition coefficient (Wildman–Crippen LogP) is 3.27. The van der Waals surface area contributed by atoms with Gasteiger partial charge in [0.15, 0.2) is 0 Å². The molecule has 2 aromatic rings. The number of halogens is 1. The number of rotatable bonds is 4. The van der Waals surface area contributed by atoms with Crippen LogP contribution in [0.4, 0.5) is 5.69 Å². The molecule has 0 spiro atoms. The van der Waals surface area contributed by atoms with Crippen molar-refractivity contribution in [3.63, 3.8) is 0 Å². The van der Waals surface area contributed by atoms with Crippen molar-refractivity contribution in [1.82, 2.24) is 0 Å². The van der Waals surface area contributed by atoms with E-state index in [4.69, 9.17) is 10.5 Å². The van der Waals surface area contributed by atoms with Gasteiger partial charge < -0.3 is 15.8 Å². The van der Waals surface area contributed by atoms with Gasteiger partial charge in [0.2, 0.25) is 5.91 Å². The average molecular weight is 349 g/mol. The van der Waals surface area contributed by atoms with Crippen LogP contribution < -0.4 is 15.8 Å². The molecule has 0 radical (unpaired) electrons. The van der Waals surface area contributed by atoms with Gasteiger partial charge >= 0.3 is 0 Å². The third kappa shape index (κ3) is 3.43. The summed E-state index contributed by atoms with van der Waals surface area (Å²) in [4.78, 5) is 12.5. The summed E-state index contributed by atoms with van der Waals surface area (Å²) in [6, 6.07) is 14.6. The van der Waals surface area contributed by atoms with E-state index in [0.29, 0.717) is 11.4 Å². The topological polar surface area (TPSA) is 64.3 Å². The monoisotopic (exact) mass is 348 g/mol. The van der Waals surface area contributed by atoms with Gasteiger partial charge in [-0.3, -0.25) is 4.79 Å². The molecule has 110 valence electrons. The Bertz CT molecular complexity index is 642. The molecule has 3 N–H and O–H groups in total. The van der Waals surface area contributed by atoms with Crippen molar-refractivity contribution in [1.29, 1.82) is 0 Å². The molecule has 0 aromatic heterocycles. The van der Waals surface area contributed by atoms with Crippen LogP contribution in [0.3, 0.4) is 0 Å². The zero-order chi connectivity index (χ0) is 15.5. The van der Waals surface area contributed by atoms with Crippen LogP contribution in [0.5, 0.6) is 5.75 Å². The molecular formula is C16H17BrN2O2. The second kappa shape index (κ2) is 6.28. The van der Waals surface area contributed by atoms with Gasteiger partial charge in [-0.2, -0.15) is 0 Å². The second-order valence-electron chi connectivity index (χ2n) is 4.87. The predicted molar refractivity (Wildman–Crippen MR) is 87.3 cm³/mol. The van der Waals surface area contributed by atoms with Crippen LogP contribution in [0, 0.1) is 0 Å². The number of hydrogen-bond acceptors (Lipinski definition) is 3. The Morgan fingerprint density at radius 2 is 1.90 bits per heavy atom. The summed E-state index contributed by atoms with van der Waals surface area (Å²) in [7, 11) is 1.58. The molecule has 1 unspecified atom stereocenters. The van der Waals surface area contributed by atoms with E-state index < -0.39 is 5.54 Å². The number of carbonyl (C=O) groups excluding carboxylic acids is 1. The van der Waals surface area contributed by atoms with Gasteiger partial charge in [-0.15, -0.1) is 0 Å². The molecule has 0 saturated carbocycles. The Hall–Kier alpha value is -1.85. The van der Waals surface area contributed by atoms with E-state index in [1.165, 1.54) is 0 Å². The minimum Gasteiger partial charge on any atom is -0.497 e. The first kappa shape index (κ1) is 15.5. The molecule has 0 aliphatic rings. The normalized spacial score (nSPS) is 13.3. The maximum atomic E-state index is 12.5. The first-order chi connectivity index (χ1) is 9.95. The van der Waals surface area contributed by atoms with E-state index in [0.717, 1.165) is 10.0 Å². The lowest BCUT2D eigenvalue weighted by Crippen LogP contribution is -2.45. The molecule has 0 bridgehead atoms. The lowest BCUT2D eigenvalue weighted by Gasteiger charge is -2.24. The number of nitrogens with one attached hydrogen (secondary N) is 1. The van der Waals surface area contributed by atoms with E-state index in [1.54, 1.807) is 26.2 Å². The van der Waals surface area contributed by atoms with Gasteiger partial charge in [0.05, 0.1) is 12.8 Å². The average Bonchev–Trinajstić information content (AvgIpc) is 2.50. The van der Waals surface area contributed by atoms with Gasteiger partial charge in [0.25, 0.3) is 0 Å². The number of ether oxygens (including phenoxy) is 1. The Balaban J connectivity index is 2.25. The highest BCUT2D eigenvalue weighted by Gasteiger charge is 2.30. The number of amides is 1. The van der Waals surface area contributed by atoms with Crippen molar-refractivity contribution in [2.24, 2.45) is 5.73 Å². The summed E-state index contributed by atoms with van der Waals surface area (Å²) in [5, 5.41) is 2.83. The third-order valence-corrected chi connectivity index (χ3v) is 3.96. The van der Waals surface area contributed by atoms with Gasteiger partial charge in [0.1, 0.15) is 11.3 Å². The molecule has 1 atom stereocenters. The summed E-state index contributed by atoms with van der Waals surface area (Å²) in [6.45, 7) is 1.69. The maximum absolute atomic E-state index is 12.5. The fourth-order valence-electron chi connectivity index (χ4n) is 1.89. The Morgan fingerprint density at radius 1 is 1.24 bits per heavy atom. The van der Waals surface area contributed by atoms with Crippen molar-refractivity contribution >= 4 is 27.5 Å². The van der Waals surface area contributed by atoms with Crippen LogP contribution in [0.25, 0.3) is 0 Å². The standard InChI is InChI=1S/C16H17BrN2O2/c1-16(18,11-6-4-3-5-7-11)15(20)19-14-10-12(21-2)8-9-13(14)17/h3-10H,18H2,1-2H3,(H,19,20). The van der Waals surface area contributed by atoms with Gasteiger partial charge in [0, 0.05) is 10.5 Å². The van der Waals surface area contributed by atoms with Crippen LogP contribution in [0.2, 0.25) is 0 Å². The number of nitrogens with two attached hydrogens (primary N) is 1. The molecule has 1 amide bonds. The smallest absolute Gasteiger partial charge is 0.248 e. The zero-order valence-corrected chi connectivity index (χ0v) is 13.5. The van der Waals surface area contributed by atoms with E-state index in [1.807, 2.05) is 36.4 Å². The van der Waals surface area contributed by atoms with Crippen LogP contribution in [-0.2, 0) is 10.3 Å². The van der Waals surface area contributed by atoms with E-state index >= 15 is 0 Å². The molecule has 4 nitrogen and oxygen atoms in total. The van der Waals surface area contributed by atoms with E-state index in [-0.39, 0.29) is 5.91 Å². The Kier molecular flexibility index (Phi) is 4.65. The van der Waals surface area contributed by atoms with E-state index in [9.17, 15) is 4.79 Å². The van der Waals surface area contributed by atoms with E-state index in [2.05, 4.69) is 21.2 Å². The molecule has 0 saturated heterocycles. The van der Waals surface area contributed by atoms with Crippen molar-refractivity contribution in [2.75, 3.05) is 12.4 Å². The summed E-state index contributed by atoms with van der Waals surface area (Å²) in [5.74, 6) is 0.370. The molecule has 2 rings (SSSR count). The molecular weight excluding hydrogens is 332 g/mol. The van der Waals surface area contributed by atoms with Crippen molar-refractivity contribution in [2.45, 2.75) is 12.5 Å². The minimum absolute atomic E-state index is 0.289. The second-order valence-corrected chi connectivity index (χ2v) is 5.72. The quantitative estimate of drug-likeness (QED) is 0.891. The fraction of sp³-hybridized carbons (Fsp3) is 0.188. The number of hydrogen-bond donors (Lipinski definition) is 2. The van der Waals surface area contributed by atoms with Crippen molar-refractivity contribution in [3.8, 4) is 5.75 Å². The van der Waals surface area contributed by atoms with Crippen molar-refractivity contribution in [3.05, 3.63) is 58.6 Å². The highest BCUT2D eigenvalue weighted by Crippen LogP contribution is 2.29. The lowest BCUT2D eigenvalue weighted by atomic mass is 9.92. The number of benzene rings is 2. The summed E-state index contributed by atoms with van der Waals surface area (Å²) in [6.07, 6.45) is 0. The largest absolute Gasteiger partial charge is 0.497 e. The van der Waals surface area contributed by atoms with Crippen LogP contribution in [0.15, 0.2) is 53.0 Å². The zero-order valence-electron chi connectivity index (χ0n) is 11.9. The number of methoxy groups -OCH3 is 1. The summed E-state index contributed by atoms with van der Waals surface area (Å²) in [5.41, 5.74) is 6.44. The minimum atomic E-state index is -1.12.